The first-order chi connectivity index (χ1) is 9.94. The molecule has 0 spiro atoms. The quantitative estimate of drug-likeness (QED) is 0.796. The van der Waals surface area contributed by atoms with Crippen LogP contribution < -0.4 is 10.5 Å². The van der Waals surface area contributed by atoms with E-state index < -0.39 is 10.0 Å². The number of sulfonamides is 1. The summed E-state index contributed by atoms with van der Waals surface area (Å²) in [4.78, 5) is 0.281. The second-order valence-electron chi connectivity index (χ2n) is 5.69. The van der Waals surface area contributed by atoms with Crippen LogP contribution in [-0.4, -0.2) is 32.2 Å². The fraction of sp³-hybridized carbons (Fsp3) is 0.714. The Morgan fingerprint density at radius 2 is 2.29 bits per heavy atom. The smallest absolute Gasteiger partial charge is 0.242 e. The summed E-state index contributed by atoms with van der Waals surface area (Å²) in [6.45, 7) is 5.51. The van der Waals surface area contributed by atoms with Gasteiger partial charge in [-0.25, -0.2) is 13.1 Å². The molecule has 3 N–H and O–H groups in total. The van der Waals surface area contributed by atoms with E-state index in [2.05, 4.69) is 4.72 Å². The van der Waals surface area contributed by atoms with Gasteiger partial charge < -0.3 is 15.0 Å². The maximum absolute atomic E-state index is 12.3. The number of hydrogen-bond acceptors (Lipinski definition) is 4. The van der Waals surface area contributed by atoms with E-state index >= 15 is 0 Å². The van der Waals surface area contributed by atoms with Crippen molar-refractivity contribution in [3.8, 4) is 0 Å². The Labute approximate surface area is 126 Å². The Balaban J connectivity index is 2.01. The normalized spacial score (nSPS) is 19.5. The zero-order chi connectivity index (χ0) is 15.5. The number of rotatable bonds is 7. The molecule has 21 heavy (non-hydrogen) atoms. The van der Waals surface area contributed by atoms with Crippen LogP contribution in [0.15, 0.2) is 17.2 Å². The van der Waals surface area contributed by atoms with Crippen LogP contribution in [0.1, 0.15) is 44.8 Å². The highest BCUT2D eigenvalue weighted by molar-refractivity contribution is 7.89. The highest BCUT2D eigenvalue weighted by Gasteiger charge is 2.20. The molecule has 0 amide bonds. The van der Waals surface area contributed by atoms with Gasteiger partial charge in [0.1, 0.15) is 0 Å². The summed E-state index contributed by atoms with van der Waals surface area (Å²) in [5.74, 6) is 0. The topological polar surface area (TPSA) is 86.3 Å². The minimum atomic E-state index is -3.48. The van der Waals surface area contributed by atoms with E-state index in [0.717, 1.165) is 25.1 Å². The van der Waals surface area contributed by atoms with Crippen molar-refractivity contribution >= 4 is 10.0 Å². The lowest BCUT2D eigenvalue weighted by molar-refractivity contribution is 0.105. The van der Waals surface area contributed by atoms with E-state index in [1.807, 2.05) is 18.4 Å². The van der Waals surface area contributed by atoms with Gasteiger partial charge in [-0.1, -0.05) is 0 Å². The lowest BCUT2D eigenvalue weighted by atomic mass is 10.2. The van der Waals surface area contributed by atoms with E-state index in [0.29, 0.717) is 19.5 Å². The van der Waals surface area contributed by atoms with Gasteiger partial charge >= 0.3 is 0 Å². The zero-order valence-corrected chi connectivity index (χ0v) is 13.5. The summed E-state index contributed by atoms with van der Waals surface area (Å²) in [5, 5.41) is 0. The molecule has 2 rings (SSSR count). The minimum absolute atomic E-state index is 0.180. The fourth-order valence-electron chi connectivity index (χ4n) is 2.60. The monoisotopic (exact) mass is 315 g/mol. The predicted octanol–water partition coefficient (Wildman–Crippen LogP) is 1.38. The maximum Gasteiger partial charge on any atom is 0.242 e. The average Bonchev–Trinajstić information content (AvgIpc) is 3.07. The van der Waals surface area contributed by atoms with Gasteiger partial charge in [0.05, 0.1) is 11.0 Å². The lowest BCUT2D eigenvalue weighted by Gasteiger charge is -2.11. The molecule has 7 heteroatoms. The summed E-state index contributed by atoms with van der Waals surface area (Å²) in [5.41, 5.74) is 6.50. The predicted molar refractivity (Wildman–Crippen MR) is 81.5 cm³/mol. The van der Waals surface area contributed by atoms with Crippen LogP contribution in [0.3, 0.4) is 0 Å². The van der Waals surface area contributed by atoms with Crippen LogP contribution in [0.2, 0.25) is 0 Å². The molecule has 120 valence electrons. The third kappa shape index (κ3) is 4.06. The third-order valence-electron chi connectivity index (χ3n) is 3.77. The van der Waals surface area contributed by atoms with E-state index in [4.69, 9.17) is 10.5 Å². The highest BCUT2D eigenvalue weighted by atomic mass is 32.2. The molecule has 0 aliphatic carbocycles. The molecule has 0 aromatic carbocycles. The second kappa shape index (κ2) is 6.91. The highest BCUT2D eigenvalue weighted by Crippen LogP contribution is 2.19. The minimum Gasteiger partial charge on any atom is -0.378 e. The summed E-state index contributed by atoms with van der Waals surface area (Å²) in [6, 6.07) is 1.83. The summed E-state index contributed by atoms with van der Waals surface area (Å²) in [6.07, 6.45) is 4.64. The van der Waals surface area contributed by atoms with E-state index in [-0.39, 0.29) is 17.0 Å². The van der Waals surface area contributed by atoms with Crippen molar-refractivity contribution in [1.82, 2.24) is 9.29 Å². The SMILES string of the molecule is CC(C)n1cc(S(=O)(=O)NCCC2CCCO2)cc1CN. The second-order valence-corrected chi connectivity index (χ2v) is 7.46. The van der Waals surface area contributed by atoms with Gasteiger partial charge in [-0.2, -0.15) is 0 Å². The number of nitrogens with one attached hydrogen (secondary N) is 1. The van der Waals surface area contributed by atoms with Gasteiger partial charge in [-0.05, 0) is 39.2 Å². The molecule has 1 aromatic heterocycles. The Hall–Kier alpha value is -0.890. The van der Waals surface area contributed by atoms with Crippen LogP contribution in [0.4, 0.5) is 0 Å². The van der Waals surface area contributed by atoms with Crippen molar-refractivity contribution in [2.45, 2.75) is 56.7 Å². The summed E-state index contributed by atoms with van der Waals surface area (Å²) in [7, 11) is -3.48. The zero-order valence-electron chi connectivity index (χ0n) is 12.7. The van der Waals surface area contributed by atoms with Crippen molar-refractivity contribution in [2.24, 2.45) is 5.73 Å². The van der Waals surface area contributed by atoms with E-state index in [1.54, 1.807) is 12.3 Å². The molecule has 1 aromatic rings. The lowest BCUT2D eigenvalue weighted by Crippen LogP contribution is -2.27. The molecule has 0 saturated carbocycles. The van der Waals surface area contributed by atoms with Crippen LogP contribution in [-0.2, 0) is 21.3 Å². The van der Waals surface area contributed by atoms with Gasteiger partial charge in [0, 0.05) is 37.6 Å². The van der Waals surface area contributed by atoms with Crippen LogP contribution >= 0.6 is 0 Å². The van der Waals surface area contributed by atoms with Gasteiger partial charge in [-0.15, -0.1) is 0 Å². The molecule has 1 unspecified atom stereocenters. The number of nitrogens with two attached hydrogens (primary N) is 1. The number of aromatic nitrogens is 1. The molecule has 1 atom stereocenters. The van der Waals surface area contributed by atoms with E-state index in [9.17, 15) is 8.42 Å². The molecule has 2 heterocycles. The Kier molecular flexibility index (Phi) is 5.43. The molecule has 1 aliphatic heterocycles. The number of ether oxygens (including phenoxy) is 1. The summed E-state index contributed by atoms with van der Waals surface area (Å²) >= 11 is 0. The van der Waals surface area contributed by atoms with Gasteiger partial charge in [0.25, 0.3) is 0 Å². The van der Waals surface area contributed by atoms with Crippen molar-refractivity contribution in [1.29, 1.82) is 0 Å². The third-order valence-corrected chi connectivity index (χ3v) is 5.19. The number of nitrogens with zero attached hydrogens (tertiary/aromatic N) is 1. The largest absolute Gasteiger partial charge is 0.378 e. The average molecular weight is 315 g/mol. The molecule has 0 bridgehead atoms. The Bertz CT molecular complexity index is 560. The molecule has 1 saturated heterocycles. The van der Waals surface area contributed by atoms with Crippen molar-refractivity contribution in [3.05, 3.63) is 18.0 Å². The molecule has 1 fully saturated rings. The van der Waals surface area contributed by atoms with Crippen molar-refractivity contribution in [3.63, 3.8) is 0 Å². The molecular formula is C14H25N3O3S. The molecule has 0 radical (unpaired) electrons. The molecule has 1 aliphatic rings. The molecule has 6 nitrogen and oxygen atoms in total. The maximum atomic E-state index is 12.3. The summed E-state index contributed by atoms with van der Waals surface area (Å²) < 4.78 is 34.6. The Morgan fingerprint density at radius 3 is 2.81 bits per heavy atom. The van der Waals surface area contributed by atoms with Gasteiger partial charge in [0.15, 0.2) is 0 Å². The Morgan fingerprint density at radius 1 is 1.52 bits per heavy atom. The van der Waals surface area contributed by atoms with Crippen molar-refractivity contribution < 1.29 is 13.2 Å². The number of hydrogen-bond donors (Lipinski definition) is 2. The van der Waals surface area contributed by atoms with E-state index in [1.165, 1.54) is 0 Å². The van der Waals surface area contributed by atoms with Gasteiger partial charge in [0.2, 0.25) is 10.0 Å². The van der Waals surface area contributed by atoms with Gasteiger partial charge in [-0.3, -0.25) is 0 Å². The first-order valence-electron chi connectivity index (χ1n) is 7.46. The van der Waals surface area contributed by atoms with Crippen LogP contribution in [0.25, 0.3) is 0 Å². The first kappa shape index (κ1) is 16.5. The van der Waals surface area contributed by atoms with Crippen LogP contribution in [0.5, 0.6) is 0 Å². The van der Waals surface area contributed by atoms with Crippen LogP contribution in [0, 0.1) is 0 Å². The first-order valence-corrected chi connectivity index (χ1v) is 8.94. The standard InChI is InChI=1S/C14H25N3O3S/c1-11(2)17-10-14(8-12(17)9-15)21(18,19)16-6-5-13-4-3-7-20-13/h8,10-11,13,16H,3-7,9,15H2,1-2H3. The van der Waals surface area contributed by atoms with Crippen molar-refractivity contribution in [2.75, 3.05) is 13.2 Å². The molecular weight excluding hydrogens is 290 g/mol. The fourth-order valence-corrected chi connectivity index (χ4v) is 3.69.